The van der Waals surface area contributed by atoms with Crippen molar-refractivity contribution in [2.24, 2.45) is 0 Å². The lowest BCUT2D eigenvalue weighted by Crippen LogP contribution is -2.46. The molecule has 0 saturated carbocycles. The molecule has 1 amide bonds. The Morgan fingerprint density at radius 2 is 2.00 bits per heavy atom. The van der Waals surface area contributed by atoms with Gasteiger partial charge in [0.1, 0.15) is 4.70 Å². The van der Waals surface area contributed by atoms with E-state index in [0.717, 1.165) is 36.3 Å². The predicted octanol–water partition coefficient (Wildman–Crippen LogP) is 4.51. The average molecular weight is 581 g/mol. The molecule has 41 heavy (non-hydrogen) atoms. The highest BCUT2D eigenvalue weighted by Gasteiger charge is 2.30. The number of halogens is 3. The van der Waals surface area contributed by atoms with Gasteiger partial charge in [-0.15, -0.1) is 11.3 Å². The zero-order chi connectivity index (χ0) is 29.1. The zero-order valence-electron chi connectivity index (χ0n) is 22.2. The Morgan fingerprint density at radius 3 is 2.76 bits per heavy atom. The van der Waals surface area contributed by atoms with Crippen LogP contribution in [0.1, 0.15) is 44.8 Å². The number of nitrogens with one attached hydrogen (secondary N) is 2. The third-order valence-corrected chi connectivity index (χ3v) is 8.23. The monoisotopic (exact) mass is 580 g/mol. The molecule has 2 aromatic carbocycles. The van der Waals surface area contributed by atoms with Crippen LogP contribution in [0.25, 0.3) is 10.2 Å². The number of amides is 1. The second-order valence-electron chi connectivity index (χ2n) is 9.85. The summed E-state index contributed by atoms with van der Waals surface area (Å²) < 4.78 is 41.0. The fourth-order valence-corrected chi connectivity index (χ4v) is 5.92. The molecule has 8 nitrogen and oxygen atoms in total. The number of thiophene rings is 1. The molecule has 0 radical (unpaired) electrons. The maximum Gasteiger partial charge on any atom is 0.416 e. The van der Waals surface area contributed by atoms with Crippen molar-refractivity contribution in [1.82, 2.24) is 20.2 Å². The first-order valence-corrected chi connectivity index (χ1v) is 13.9. The predicted molar refractivity (Wildman–Crippen MR) is 151 cm³/mol. The minimum atomic E-state index is -4.48. The number of hydrogen-bond acceptors (Lipinski definition) is 7. The van der Waals surface area contributed by atoms with Crippen LogP contribution in [0.3, 0.4) is 0 Å². The van der Waals surface area contributed by atoms with Gasteiger partial charge >= 0.3 is 6.18 Å². The van der Waals surface area contributed by atoms with E-state index < -0.39 is 17.6 Å². The SMILES string of the molecule is CN[C@@H]1CCCN(c2nc3cc(C(=O)NCc4cccc(C(F)(F)F)c4)sc3c(=O)n2Cc2ccccc2C#N)C1. The van der Waals surface area contributed by atoms with Crippen molar-refractivity contribution in [2.45, 2.75) is 38.1 Å². The molecule has 5 rings (SSSR count). The van der Waals surface area contributed by atoms with Crippen LogP contribution in [0.4, 0.5) is 19.1 Å². The van der Waals surface area contributed by atoms with Crippen molar-refractivity contribution < 1.29 is 18.0 Å². The Kier molecular flexibility index (Phi) is 8.10. The van der Waals surface area contributed by atoms with Gasteiger partial charge in [-0.1, -0.05) is 30.3 Å². The fourth-order valence-electron chi connectivity index (χ4n) is 4.95. The third kappa shape index (κ3) is 6.11. The van der Waals surface area contributed by atoms with Gasteiger partial charge in [0.2, 0.25) is 5.95 Å². The average Bonchev–Trinajstić information content (AvgIpc) is 3.42. The summed E-state index contributed by atoms with van der Waals surface area (Å²) in [5.41, 5.74) is 0.689. The minimum absolute atomic E-state index is 0.107. The van der Waals surface area contributed by atoms with Crippen LogP contribution < -0.4 is 21.1 Å². The Bertz CT molecular complexity index is 1690. The highest BCUT2D eigenvalue weighted by Crippen LogP contribution is 2.30. The molecule has 2 aromatic heterocycles. The molecule has 0 spiro atoms. The van der Waals surface area contributed by atoms with Gasteiger partial charge in [0.05, 0.1) is 34.1 Å². The molecule has 1 aliphatic heterocycles. The molecule has 1 atom stereocenters. The number of nitrogens with zero attached hydrogens (tertiary/aromatic N) is 4. The minimum Gasteiger partial charge on any atom is -0.347 e. The number of rotatable bonds is 7. The Hall–Kier alpha value is -4.21. The van der Waals surface area contributed by atoms with Crippen molar-refractivity contribution in [1.29, 1.82) is 5.26 Å². The lowest BCUT2D eigenvalue weighted by Gasteiger charge is -2.34. The highest BCUT2D eigenvalue weighted by atomic mass is 32.1. The number of hydrogen-bond donors (Lipinski definition) is 2. The van der Waals surface area contributed by atoms with E-state index in [-0.39, 0.29) is 34.3 Å². The van der Waals surface area contributed by atoms with Crippen LogP contribution in [-0.4, -0.2) is 41.6 Å². The molecule has 212 valence electrons. The topological polar surface area (TPSA) is 103 Å². The van der Waals surface area contributed by atoms with E-state index in [2.05, 4.69) is 16.7 Å². The largest absolute Gasteiger partial charge is 0.416 e. The number of likely N-dealkylation sites (N-methyl/N-ethyl adjacent to an activating group) is 1. The van der Waals surface area contributed by atoms with Crippen molar-refractivity contribution in [3.8, 4) is 6.07 Å². The van der Waals surface area contributed by atoms with Crippen LogP contribution in [0.15, 0.2) is 59.4 Å². The molecule has 1 aliphatic rings. The van der Waals surface area contributed by atoms with Crippen LogP contribution in [-0.2, 0) is 19.3 Å². The zero-order valence-corrected chi connectivity index (χ0v) is 23.0. The number of aromatic nitrogens is 2. The summed E-state index contributed by atoms with van der Waals surface area (Å²) in [6.07, 6.45) is -2.59. The van der Waals surface area contributed by atoms with Gasteiger partial charge in [-0.2, -0.15) is 18.4 Å². The molecule has 0 unspecified atom stereocenters. The van der Waals surface area contributed by atoms with Crippen molar-refractivity contribution in [3.63, 3.8) is 0 Å². The van der Waals surface area contributed by atoms with E-state index in [1.54, 1.807) is 28.8 Å². The van der Waals surface area contributed by atoms with E-state index in [9.17, 15) is 28.0 Å². The van der Waals surface area contributed by atoms with Crippen molar-refractivity contribution in [2.75, 3.05) is 25.0 Å². The number of fused-ring (bicyclic) bond motifs is 1. The van der Waals surface area contributed by atoms with Gasteiger partial charge in [0.15, 0.2) is 0 Å². The van der Waals surface area contributed by atoms with E-state index >= 15 is 0 Å². The smallest absolute Gasteiger partial charge is 0.347 e. The first kappa shape index (κ1) is 28.3. The number of carbonyl (C=O) groups excluding carboxylic acids is 1. The number of piperidine rings is 1. The summed E-state index contributed by atoms with van der Waals surface area (Å²) in [5.74, 6) is -0.0510. The van der Waals surface area contributed by atoms with Gasteiger partial charge in [0.25, 0.3) is 11.5 Å². The molecule has 12 heteroatoms. The Labute approximate surface area is 238 Å². The maximum atomic E-state index is 13.9. The second-order valence-corrected chi connectivity index (χ2v) is 10.9. The number of anilines is 1. The molecule has 0 aliphatic carbocycles. The molecule has 0 bridgehead atoms. The quantitative estimate of drug-likeness (QED) is 0.334. The summed E-state index contributed by atoms with van der Waals surface area (Å²) in [6, 6.07) is 15.8. The molecular formula is C29H27F3N6O2S. The molecular weight excluding hydrogens is 553 g/mol. The Morgan fingerprint density at radius 1 is 1.20 bits per heavy atom. The standard InChI is InChI=1S/C29H27F3N6O2S/c1-34-22-10-5-11-37(17-22)28-36-23-13-24(26(39)35-15-18-6-4-9-21(12-18)29(30,31)32)41-25(23)27(40)38(28)16-20-8-3-2-7-19(20)14-33/h2-4,6-9,12-13,22,34H,5,10-11,15-17H2,1H3,(H,35,39)/t22-/m1/s1. The Balaban J connectivity index is 1.49. The van der Waals surface area contributed by atoms with Crippen LogP contribution >= 0.6 is 11.3 Å². The van der Waals surface area contributed by atoms with Crippen molar-refractivity contribution in [3.05, 3.63) is 92.1 Å². The molecule has 1 fully saturated rings. The number of carbonyl (C=O) groups is 1. The highest BCUT2D eigenvalue weighted by molar-refractivity contribution is 7.20. The molecule has 3 heterocycles. The lowest BCUT2D eigenvalue weighted by atomic mass is 10.1. The number of nitriles is 1. The van der Waals surface area contributed by atoms with Gasteiger partial charge in [-0.3, -0.25) is 14.2 Å². The molecule has 4 aromatic rings. The van der Waals surface area contributed by atoms with E-state index in [0.29, 0.717) is 41.2 Å². The van der Waals surface area contributed by atoms with Crippen LogP contribution in [0.2, 0.25) is 0 Å². The van der Waals surface area contributed by atoms with Gasteiger partial charge in [-0.25, -0.2) is 4.98 Å². The summed E-state index contributed by atoms with van der Waals surface area (Å²) in [5, 5.41) is 15.5. The number of benzene rings is 2. The summed E-state index contributed by atoms with van der Waals surface area (Å²) in [7, 11) is 1.89. The van der Waals surface area contributed by atoms with Crippen molar-refractivity contribution >= 4 is 33.4 Å². The first-order valence-electron chi connectivity index (χ1n) is 13.1. The normalized spacial score (nSPS) is 15.6. The lowest BCUT2D eigenvalue weighted by molar-refractivity contribution is -0.137. The first-order chi connectivity index (χ1) is 19.7. The summed E-state index contributed by atoms with van der Waals surface area (Å²) >= 11 is 0.986. The van der Waals surface area contributed by atoms with E-state index in [1.165, 1.54) is 12.1 Å². The van der Waals surface area contributed by atoms with Gasteiger partial charge in [0, 0.05) is 25.7 Å². The van der Waals surface area contributed by atoms with Crippen LogP contribution in [0, 0.1) is 11.3 Å². The van der Waals surface area contributed by atoms with Gasteiger partial charge < -0.3 is 15.5 Å². The third-order valence-electron chi connectivity index (χ3n) is 7.12. The second kappa shape index (κ2) is 11.7. The van der Waals surface area contributed by atoms with E-state index in [1.807, 2.05) is 18.0 Å². The summed E-state index contributed by atoms with van der Waals surface area (Å²) in [4.78, 5) is 34.0. The molecule has 1 saturated heterocycles. The van der Waals surface area contributed by atoms with Crippen LogP contribution in [0.5, 0.6) is 0 Å². The van der Waals surface area contributed by atoms with E-state index in [4.69, 9.17) is 4.98 Å². The summed E-state index contributed by atoms with van der Waals surface area (Å²) in [6.45, 7) is 1.37. The maximum absolute atomic E-state index is 13.9. The molecule has 2 N–H and O–H groups in total. The number of alkyl halides is 3. The van der Waals surface area contributed by atoms with Gasteiger partial charge in [-0.05, 0) is 55.3 Å². The fraction of sp³-hybridized carbons (Fsp3) is 0.310.